The lowest BCUT2D eigenvalue weighted by Gasteiger charge is -2.08. The van der Waals surface area contributed by atoms with Gasteiger partial charge in [-0.25, -0.2) is 18.1 Å². The van der Waals surface area contributed by atoms with Crippen molar-refractivity contribution in [3.05, 3.63) is 22.3 Å². The van der Waals surface area contributed by atoms with E-state index >= 15 is 0 Å². The highest BCUT2D eigenvalue weighted by molar-refractivity contribution is 7.89. The average molecular weight is 298 g/mol. The number of halogens is 2. The minimum absolute atomic E-state index is 0.0402. The largest absolute Gasteiger partial charge is 0.368 e. The fourth-order valence-corrected chi connectivity index (χ4v) is 2.54. The minimum Gasteiger partial charge on any atom is -0.368 e. The van der Waals surface area contributed by atoms with Crippen LogP contribution in [0.3, 0.4) is 0 Å². The van der Waals surface area contributed by atoms with Gasteiger partial charge in [0, 0.05) is 19.3 Å². The Hall–Kier alpha value is -0.560. The highest BCUT2D eigenvalue weighted by Crippen LogP contribution is 2.22. The van der Waals surface area contributed by atoms with Crippen LogP contribution in [0.4, 0.5) is 5.82 Å². The number of nitrogens with one attached hydrogen (secondary N) is 2. The first-order chi connectivity index (χ1) is 7.94. The Morgan fingerprint density at radius 1 is 1.41 bits per heavy atom. The molecule has 0 spiro atoms. The highest BCUT2D eigenvalue weighted by atomic mass is 35.5. The Labute approximate surface area is 111 Å². The van der Waals surface area contributed by atoms with Crippen molar-refractivity contribution in [3.8, 4) is 0 Å². The predicted octanol–water partition coefficient (Wildman–Crippen LogP) is 1.74. The van der Waals surface area contributed by atoms with Crippen LogP contribution in [-0.4, -0.2) is 32.2 Å². The SMILES string of the molecule is CCNS(=O)(=O)CCNc1ncc(Cl)cc1Cl. The molecule has 0 fully saturated rings. The number of hydrogen-bond acceptors (Lipinski definition) is 4. The number of sulfonamides is 1. The molecule has 0 saturated heterocycles. The van der Waals surface area contributed by atoms with Gasteiger partial charge >= 0.3 is 0 Å². The Morgan fingerprint density at radius 2 is 2.12 bits per heavy atom. The van der Waals surface area contributed by atoms with Crippen molar-refractivity contribution in [2.45, 2.75) is 6.92 Å². The quantitative estimate of drug-likeness (QED) is 0.839. The minimum atomic E-state index is -3.23. The number of hydrogen-bond donors (Lipinski definition) is 2. The molecule has 0 amide bonds. The van der Waals surface area contributed by atoms with Crippen molar-refractivity contribution in [2.75, 3.05) is 24.2 Å². The lowest BCUT2D eigenvalue weighted by atomic mass is 10.4. The standard InChI is InChI=1S/C9H13Cl2N3O2S/c1-2-14-17(15,16)4-3-12-9-8(11)5-7(10)6-13-9/h5-6,14H,2-4H2,1H3,(H,12,13). The molecule has 5 nitrogen and oxygen atoms in total. The molecule has 1 aromatic heterocycles. The van der Waals surface area contributed by atoms with Gasteiger partial charge in [-0.15, -0.1) is 0 Å². The van der Waals surface area contributed by atoms with E-state index in [9.17, 15) is 8.42 Å². The van der Waals surface area contributed by atoms with Crippen LogP contribution in [-0.2, 0) is 10.0 Å². The summed E-state index contributed by atoms with van der Waals surface area (Å²) in [6.45, 7) is 2.33. The van der Waals surface area contributed by atoms with E-state index < -0.39 is 10.0 Å². The third kappa shape index (κ3) is 5.08. The van der Waals surface area contributed by atoms with Gasteiger partial charge in [0.15, 0.2) is 0 Å². The van der Waals surface area contributed by atoms with Crippen LogP contribution in [0.25, 0.3) is 0 Å². The maximum Gasteiger partial charge on any atom is 0.213 e. The third-order valence-electron chi connectivity index (χ3n) is 1.84. The molecule has 0 aliphatic carbocycles. The second-order valence-electron chi connectivity index (χ2n) is 3.23. The molecule has 0 aliphatic rings. The number of rotatable bonds is 6. The summed E-state index contributed by atoms with van der Waals surface area (Å²) >= 11 is 11.6. The van der Waals surface area contributed by atoms with E-state index in [1.54, 1.807) is 6.92 Å². The lowest BCUT2D eigenvalue weighted by Crippen LogP contribution is -2.29. The summed E-state index contributed by atoms with van der Waals surface area (Å²) in [6.07, 6.45) is 1.44. The third-order valence-corrected chi connectivity index (χ3v) is 3.80. The van der Waals surface area contributed by atoms with Gasteiger partial charge in [0.25, 0.3) is 0 Å². The zero-order valence-corrected chi connectivity index (χ0v) is 11.5. The zero-order chi connectivity index (χ0) is 12.9. The maximum atomic E-state index is 11.3. The number of aromatic nitrogens is 1. The van der Waals surface area contributed by atoms with E-state index in [0.29, 0.717) is 22.4 Å². The second-order valence-corrected chi connectivity index (χ2v) is 6.00. The van der Waals surface area contributed by atoms with Gasteiger partial charge in [0.1, 0.15) is 5.82 Å². The van der Waals surface area contributed by atoms with E-state index in [2.05, 4.69) is 15.0 Å². The second kappa shape index (κ2) is 6.39. The van der Waals surface area contributed by atoms with Gasteiger partial charge in [0.05, 0.1) is 15.8 Å². The molecule has 0 atom stereocenters. The van der Waals surface area contributed by atoms with E-state index in [-0.39, 0.29) is 12.3 Å². The van der Waals surface area contributed by atoms with Gasteiger partial charge in [-0.2, -0.15) is 0 Å². The van der Waals surface area contributed by atoms with Crippen LogP contribution < -0.4 is 10.0 Å². The Morgan fingerprint density at radius 3 is 2.71 bits per heavy atom. The van der Waals surface area contributed by atoms with Crippen LogP contribution >= 0.6 is 23.2 Å². The summed E-state index contributed by atoms with van der Waals surface area (Å²) in [7, 11) is -3.23. The topological polar surface area (TPSA) is 71.1 Å². The van der Waals surface area contributed by atoms with Gasteiger partial charge in [0.2, 0.25) is 10.0 Å². The number of nitrogens with zero attached hydrogens (tertiary/aromatic N) is 1. The smallest absolute Gasteiger partial charge is 0.213 e. The van der Waals surface area contributed by atoms with Gasteiger partial charge in [-0.3, -0.25) is 0 Å². The molecule has 0 unspecified atom stereocenters. The molecule has 1 rings (SSSR count). The number of anilines is 1. The van der Waals surface area contributed by atoms with Crippen molar-refractivity contribution >= 4 is 39.0 Å². The summed E-state index contributed by atoms with van der Waals surface area (Å²) in [5.41, 5.74) is 0. The van der Waals surface area contributed by atoms with Crippen molar-refractivity contribution in [1.29, 1.82) is 0 Å². The molecular formula is C9H13Cl2N3O2S. The fourth-order valence-electron chi connectivity index (χ4n) is 1.14. The normalized spacial score (nSPS) is 11.5. The first-order valence-electron chi connectivity index (χ1n) is 4.97. The van der Waals surface area contributed by atoms with E-state index in [4.69, 9.17) is 23.2 Å². The molecule has 1 aromatic rings. The van der Waals surface area contributed by atoms with E-state index in [1.807, 2.05) is 0 Å². The molecule has 17 heavy (non-hydrogen) atoms. The molecule has 0 radical (unpaired) electrons. The monoisotopic (exact) mass is 297 g/mol. The van der Waals surface area contributed by atoms with E-state index in [1.165, 1.54) is 12.3 Å². The Kier molecular flexibility index (Phi) is 5.45. The summed E-state index contributed by atoms with van der Waals surface area (Å²) in [5.74, 6) is 0.379. The first kappa shape index (κ1) is 14.5. The van der Waals surface area contributed by atoms with Crippen molar-refractivity contribution in [3.63, 3.8) is 0 Å². The molecule has 0 aliphatic heterocycles. The van der Waals surface area contributed by atoms with E-state index in [0.717, 1.165) is 0 Å². The molecule has 0 bridgehead atoms. The van der Waals surface area contributed by atoms with Crippen molar-refractivity contribution in [2.24, 2.45) is 0 Å². The summed E-state index contributed by atoms with van der Waals surface area (Å²) < 4.78 is 25.1. The molecule has 8 heteroatoms. The zero-order valence-electron chi connectivity index (χ0n) is 9.20. The van der Waals surface area contributed by atoms with Crippen molar-refractivity contribution < 1.29 is 8.42 Å². The number of pyridine rings is 1. The summed E-state index contributed by atoms with van der Waals surface area (Å²) in [4.78, 5) is 3.95. The maximum absolute atomic E-state index is 11.3. The van der Waals surface area contributed by atoms with Gasteiger partial charge < -0.3 is 5.32 Å². The van der Waals surface area contributed by atoms with Crippen LogP contribution in [0.5, 0.6) is 0 Å². The van der Waals surface area contributed by atoms with Crippen molar-refractivity contribution in [1.82, 2.24) is 9.71 Å². The molecule has 96 valence electrons. The summed E-state index contributed by atoms with van der Waals surface area (Å²) in [6, 6.07) is 1.54. The van der Waals surface area contributed by atoms with Crippen LogP contribution in [0.1, 0.15) is 6.92 Å². The highest BCUT2D eigenvalue weighted by Gasteiger charge is 2.09. The van der Waals surface area contributed by atoms with Gasteiger partial charge in [-0.1, -0.05) is 30.1 Å². The molecule has 2 N–H and O–H groups in total. The molecule has 0 saturated carbocycles. The Bertz CT molecular complexity index is 479. The molecule has 0 aromatic carbocycles. The average Bonchev–Trinajstić information content (AvgIpc) is 2.21. The van der Waals surface area contributed by atoms with Crippen LogP contribution in [0, 0.1) is 0 Å². The first-order valence-corrected chi connectivity index (χ1v) is 7.37. The molecular weight excluding hydrogens is 285 g/mol. The fraction of sp³-hybridized carbons (Fsp3) is 0.444. The predicted molar refractivity (Wildman–Crippen MR) is 70.2 cm³/mol. The van der Waals surface area contributed by atoms with Crippen LogP contribution in [0.2, 0.25) is 10.0 Å². The Balaban J connectivity index is 2.51. The van der Waals surface area contributed by atoms with Gasteiger partial charge in [-0.05, 0) is 6.07 Å². The summed E-state index contributed by atoms with van der Waals surface area (Å²) in [5, 5.41) is 3.62. The van der Waals surface area contributed by atoms with Crippen LogP contribution in [0.15, 0.2) is 12.3 Å². The lowest BCUT2D eigenvalue weighted by molar-refractivity contribution is 0.584. The molecule has 1 heterocycles.